The van der Waals surface area contributed by atoms with Crippen LogP contribution in [0.1, 0.15) is 10.4 Å². The molecule has 1 saturated heterocycles. The van der Waals surface area contributed by atoms with E-state index in [2.05, 4.69) is 26.1 Å². The minimum atomic E-state index is -3.65. The van der Waals surface area contributed by atoms with Crippen molar-refractivity contribution in [3.8, 4) is 0 Å². The molecule has 0 aromatic heterocycles. The molecule has 0 radical (unpaired) electrons. The van der Waals surface area contributed by atoms with Gasteiger partial charge in [0.25, 0.3) is 5.91 Å². The first-order valence-corrected chi connectivity index (χ1v) is 10.6. The van der Waals surface area contributed by atoms with Gasteiger partial charge in [-0.05, 0) is 43.4 Å². The molecule has 3 rings (SSSR count). The van der Waals surface area contributed by atoms with Gasteiger partial charge in [0.2, 0.25) is 10.0 Å². The molecule has 0 bridgehead atoms. The molecule has 0 unspecified atom stereocenters. The first kappa shape index (κ1) is 19.9. The second-order valence-electron chi connectivity index (χ2n) is 6.31. The van der Waals surface area contributed by atoms with Crippen LogP contribution in [-0.4, -0.2) is 56.8 Å². The Bertz CT molecular complexity index is 960. The van der Waals surface area contributed by atoms with Crippen LogP contribution in [0.25, 0.3) is 0 Å². The smallest absolute Gasteiger partial charge is 0.258 e. The van der Waals surface area contributed by atoms with Crippen molar-refractivity contribution in [2.75, 3.05) is 38.5 Å². The van der Waals surface area contributed by atoms with Crippen LogP contribution in [-0.2, 0) is 10.0 Å². The molecular formula is C18H19BrFN3O3S. The number of sulfonamides is 1. The molecule has 6 nitrogen and oxygen atoms in total. The Labute approximate surface area is 166 Å². The number of carbonyl (C=O) groups is 1. The molecule has 144 valence electrons. The van der Waals surface area contributed by atoms with E-state index < -0.39 is 21.7 Å². The van der Waals surface area contributed by atoms with Crippen LogP contribution in [0.15, 0.2) is 51.8 Å². The molecule has 1 N–H and O–H groups in total. The third-order valence-corrected chi connectivity index (χ3v) is 6.76. The van der Waals surface area contributed by atoms with Crippen LogP contribution >= 0.6 is 15.9 Å². The molecule has 27 heavy (non-hydrogen) atoms. The van der Waals surface area contributed by atoms with E-state index in [1.165, 1.54) is 28.6 Å². The van der Waals surface area contributed by atoms with Gasteiger partial charge >= 0.3 is 0 Å². The Morgan fingerprint density at radius 1 is 1.11 bits per heavy atom. The summed E-state index contributed by atoms with van der Waals surface area (Å²) in [5, 5.41) is 2.56. The number of halogens is 2. The van der Waals surface area contributed by atoms with Crippen LogP contribution in [0.3, 0.4) is 0 Å². The standard InChI is InChI=1S/C18H19BrFN3O3S/c1-22-7-9-23(10-8-22)27(25,26)15-4-2-3-14(12-15)21-18(24)16-6-5-13(19)11-17(16)20/h2-6,11-12H,7-10H2,1H3,(H,21,24). The van der Waals surface area contributed by atoms with Crippen molar-refractivity contribution in [3.05, 3.63) is 58.3 Å². The lowest BCUT2D eigenvalue weighted by molar-refractivity contribution is 0.102. The lowest BCUT2D eigenvalue weighted by Crippen LogP contribution is -2.47. The maximum atomic E-state index is 13.9. The number of amides is 1. The third kappa shape index (κ3) is 4.55. The van der Waals surface area contributed by atoms with Crippen molar-refractivity contribution < 1.29 is 17.6 Å². The van der Waals surface area contributed by atoms with Crippen LogP contribution < -0.4 is 5.32 Å². The molecule has 0 atom stereocenters. The van der Waals surface area contributed by atoms with Gasteiger partial charge in [-0.3, -0.25) is 4.79 Å². The topological polar surface area (TPSA) is 69.7 Å². The fourth-order valence-corrected chi connectivity index (χ4v) is 4.59. The van der Waals surface area contributed by atoms with Gasteiger partial charge in [0.05, 0.1) is 10.5 Å². The van der Waals surface area contributed by atoms with E-state index in [9.17, 15) is 17.6 Å². The molecule has 1 fully saturated rings. The molecule has 0 aliphatic carbocycles. The number of benzene rings is 2. The SMILES string of the molecule is CN1CCN(S(=O)(=O)c2cccc(NC(=O)c3ccc(Br)cc3F)c2)CC1. The molecule has 2 aromatic carbocycles. The molecule has 0 saturated carbocycles. The van der Waals surface area contributed by atoms with Crippen molar-refractivity contribution >= 4 is 37.5 Å². The molecule has 0 spiro atoms. The average Bonchev–Trinajstić information content (AvgIpc) is 2.62. The number of carbonyl (C=O) groups excluding carboxylic acids is 1. The summed E-state index contributed by atoms with van der Waals surface area (Å²) in [4.78, 5) is 14.5. The Morgan fingerprint density at radius 2 is 1.81 bits per heavy atom. The number of hydrogen-bond acceptors (Lipinski definition) is 4. The third-order valence-electron chi connectivity index (χ3n) is 4.37. The lowest BCUT2D eigenvalue weighted by Gasteiger charge is -2.31. The van der Waals surface area contributed by atoms with E-state index >= 15 is 0 Å². The second kappa shape index (κ2) is 8.05. The Balaban J connectivity index is 1.80. The number of anilines is 1. The second-order valence-corrected chi connectivity index (χ2v) is 9.17. The van der Waals surface area contributed by atoms with E-state index in [4.69, 9.17) is 0 Å². The normalized spacial score (nSPS) is 16.3. The predicted molar refractivity (Wildman–Crippen MR) is 105 cm³/mol. The van der Waals surface area contributed by atoms with Crippen LogP contribution in [0, 0.1) is 5.82 Å². The fraction of sp³-hybridized carbons (Fsp3) is 0.278. The van der Waals surface area contributed by atoms with E-state index in [1.54, 1.807) is 18.2 Å². The van der Waals surface area contributed by atoms with Gasteiger partial charge in [0, 0.05) is 36.3 Å². The molecule has 1 aliphatic rings. The van der Waals surface area contributed by atoms with Crippen LogP contribution in [0.5, 0.6) is 0 Å². The summed E-state index contributed by atoms with van der Waals surface area (Å²) in [5.41, 5.74) is 0.169. The number of nitrogens with zero attached hydrogens (tertiary/aromatic N) is 2. The number of rotatable bonds is 4. The van der Waals surface area contributed by atoms with Crippen molar-refractivity contribution in [2.24, 2.45) is 0 Å². The van der Waals surface area contributed by atoms with Crippen LogP contribution in [0.4, 0.5) is 10.1 Å². The van der Waals surface area contributed by atoms with Crippen molar-refractivity contribution in [1.29, 1.82) is 0 Å². The minimum absolute atomic E-state index is 0.0983. The maximum absolute atomic E-state index is 13.9. The summed E-state index contributed by atoms with van der Waals surface area (Å²) in [6.45, 7) is 2.16. The molecule has 2 aromatic rings. The summed E-state index contributed by atoms with van der Waals surface area (Å²) in [6, 6.07) is 10.1. The monoisotopic (exact) mass is 455 g/mol. The predicted octanol–water partition coefficient (Wildman–Crippen LogP) is 2.78. The van der Waals surface area contributed by atoms with E-state index in [0.29, 0.717) is 30.7 Å². The quantitative estimate of drug-likeness (QED) is 0.769. The largest absolute Gasteiger partial charge is 0.322 e. The van der Waals surface area contributed by atoms with Gasteiger partial charge in [-0.15, -0.1) is 0 Å². The molecule has 9 heteroatoms. The summed E-state index contributed by atoms with van der Waals surface area (Å²) in [7, 11) is -1.70. The van der Waals surface area contributed by atoms with Gasteiger partial charge in [-0.2, -0.15) is 4.31 Å². The summed E-state index contributed by atoms with van der Waals surface area (Å²) < 4.78 is 41.6. The summed E-state index contributed by atoms with van der Waals surface area (Å²) in [5.74, 6) is -1.31. The van der Waals surface area contributed by atoms with Gasteiger partial charge in [0.1, 0.15) is 5.82 Å². The number of piperazine rings is 1. The zero-order valence-corrected chi connectivity index (χ0v) is 17.1. The zero-order valence-electron chi connectivity index (χ0n) is 14.7. The van der Waals surface area contributed by atoms with Crippen LogP contribution in [0.2, 0.25) is 0 Å². The molecular weight excluding hydrogens is 437 g/mol. The first-order chi connectivity index (χ1) is 12.8. The van der Waals surface area contributed by atoms with Crippen molar-refractivity contribution in [2.45, 2.75) is 4.90 Å². The van der Waals surface area contributed by atoms with E-state index in [0.717, 1.165) is 0 Å². The highest BCUT2D eigenvalue weighted by Crippen LogP contribution is 2.22. The van der Waals surface area contributed by atoms with Crippen molar-refractivity contribution in [3.63, 3.8) is 0 Å². The molecule has 1 heterocycles. The average molecular weight is 456 g/mol. The fourth-order valence-electron chi connectivity index (χ4n) is 2.78. The maximum Gasteiger partial charge on any atom is 0.258 e. The summed E-state index contributed by atoms with van der Waals surface area (Å²) >= 11 is 3.14. The highest BCUT2D eigenvalue weighted by Gasteiger charge is 2.27. The number of likely N-dealkylation sites (N-methyl/N-ethyl adjacent to an activating group) is 1. The minimum Gasteiger partial charge on any atom is -0.322 e. The Kier molecular flexibility index (Phi) is 5.95. The molecule has 1 aliphatic heterocycles. The lowest BCUT2D eigenvalue weighted by atomic mass is 10.2. The van der Waals surface area contributed by atoms with Gasteiger partial charge in [0.15, 0.2) is 0 Å². The van der Waals surface area contributed by atoms with Gasteiger partial charge in [-0.1, -0.05) is 22.0 Å². The first-order valence-electron chi connectivity index (χ1n) is 8.32. The molecule has 1 amide bonds. The highest BCUT2D eigenvalue weighted by atomic mass is 79.9. The zero-order chi connectivity index (χ0) is 19.6. The number of nitrogens with one attached hydrogen (secondary N) is 1. The van der Waals surface area contributed by atoms with E-state index in [-0.39, 0.29) is 16.1 Å². The summed E-state index contributed by atoms with van der Waals surface area (Å²) in [6.07, 6.45) is 0. The Hall–Kier alpha value is -1.81. The van der Waals surface area contributed by atoms with Gasteiger partial charge in [-0.25, -0.2) is 12.8 Å². The Morgan fingerprint density at radius 3 is 2.48 bits per heavy atom. The van der Waals surface area contributed by atoms with E-state index in [1.807, 2.05) is 7.05 Å². The van der Waals surface area contributed by atoms with Gasteiger partial charge < -0.3 is 10.2 Å². The number of hydrogen-bond donors (Lipinski definition) is 1. The van der Waals surface area contributed by atoms with Crippen molar-refractivity contribution in [1.82, 2.24) is 9.21 Å². The highest BCUT2D eigenvalue weighted by molar-refractivity contribution is 9.10.